The number of nitrogens with two attached hydrogens (primary N) is 1. The Morgan fingerprint density at radius 2 is 2.11 bits per heavy atom. The molecule has 0 atom stereocenters. The molecule has 1 aromatic rings. The zero-order chi connectivity index (χ0) is 14.5. The first kappa shape index (κ1) is 15.8. The number of benzene rings is 1. The van der Waals surface area contributed by atoms with Gasteiger partial charge >= 0.3 is 0 Å². The van der Waals surface area contributed by atoms with Crippen molar-refractivity contribution in [2.75, 3.05) is 17.0 Å². The van der Waals surface area contributed by atoms with Crippen molar-refractivity contribution in [3.05, 3.63) is 28.8 Å². The van der Waals surface area contributed by atoms with E-state index in [1.165, 1.54) is 0 Å². The maximum atomic E-state index is 11.9. The van der Waals surface area contributed by atoms with Gasteiger partial charge in [-0.1, -0.05) is 37.3 Å². The fraction of sp³-hybridized carbons (Fsp3) is 0.385. The molecule has 0 saturated carbocycles. The second-order valence-electron chi connectivity index (χ2n) is 4.47. The summed E-state index contributed by atoms with van der Waals surface area (Å²) in [5.41, 5.74) is 6.25. The summed E-state index contributed by atoms with van der Waals surface area (Å²) >= 11 is 5.88. The summed E-state index contributed by atoms with van der Waals surface area (Å²) in [4.78, 5) is 0. The normalized spacial score (nSPS) is 11.0. The van der Waals surface area contributed by atoms with E-state index in [9.17, 15) is 8.42 Å². The van der Waals surface area contributed by atoms with Gasteiger partial charge in [0.2, 0.25) is 10.0 Å². The smallest absolute Gasteiger partial charge is 0.233 e. The van der Waals surface area contributed by atoms with Crippen molar-refractivity contribution in [2.45, 2.75) is 13.8 Å². The summed E-state index contributed by atoms with van der Waals surface area (Å²) in [6.45, 7) is 3.89. The Bertz CT molecular complexity index is 601. The van der Waals surface area contributed by atoms with Crippen LogP contribution in [0, 0.1) is 17.8 Å². The van der Waals surface area contributed by atoms with E-state index in [1.807, 2.05) is 13.8 Å². The lowest BCUT2D eigenvalue weighted by molar-refractivity contribution is 0.587. The molecule has 0 spiro atoms. The van der Waals surface area contributed by atoms with Gasteiger partial charge in [-0.05, 0) is 24.1 Å². The highest BCUT2D eigenvalue weighted by Crippen LogP contribution is 2.22. The molecule has 0 aliphatic carbocycles. The highest BCUT2D eigenvalue weighted by molar-refractivity contribution is 7.92. The quantitative estimate of drug-likeness (QED) is 0.836. The van der Waals surface area contributed by atoms with Gasteiger partial charge in [0.25, 0.3) is 0 Å². The van der Waals surface area contributed by atoms with Gasteiger partial charge in [0.15, 0.2) is 0 Å². The SMILES string of the molecule is CC(C)CS(=O)(=O)Nc1cc(Cl)ccc1C#CCN. The average molecular weight is 301 g/mol. The molecule has 0 aliphatic rings. The summed E-state index contributed by atoms with van der Waals surface area (Å²) in [5.74, 6) is 5.59. The van der Waals surface area contributed by atoms with Crippen LogP contribution in [0.5, 0.6) is 0 Å². The Kier molecular flexibility index (Phi) is 5.67. The Morgan fingerprint density at radius 3 is 2.68 bits per heavy atom. The average Bonchev–Trinajstić information content (AvgIpc) is 2.25. The fourth-order valence-corrected chi connectivity index (χ4v) is 3.14. The van der Waals surface area contributed by atoms with Crippen LogP contribution in [0.15, 0.2) is 18.2 Å². The number of rotatable bonds is 4. The molecule has 0 heterocycles. The van der Waals surface area contributed by atoms with Crippen LogP contribution >= 0.6 is 11.6 Å². The van der Waals surface area contributed by atoms with E-state index in [-0.39, 0.29) is 18.2 Å². The lowest BCUT2D eigenvalue weighted by Crippen LogP contribution is -2.20. The molecule has 3 N–H and O–H groups in total. The lowest BCUT2D eigenvalue weighted by atomic mass is 10.2. The van der Waals surface area contributed by atoms with Crippen LogP contribution in [-0.4, -0.2) is 20.7 Å². The first-order valence-electron chi connectivity index (χ1n) is 5.83. The third kappa shape index (κ3) is 5.52. The van der Waals surface area contributed by atoms with Crippen LogP contribution in [-0.2, 0) is 10.0 Å². The molecule has 4 nitrogen and oxygen atoms in total. The van der Waals surface area contributed by atoms with Gasteiger partial charge in [0.05, 0.1) is 18.0 Å². The van der Waals surface area contributed by atoms with Crippen molar-refractivity contribution >= 4 is 27.3 Å². The highest BCUT2D eigenvalue weighted by Gasteiger charge is 2.14. The first-order valence-corrected chi connectivity index (χ1v) is 7.86. The molecule has 6 heteroatoms. The zero-order valence-corrected chi connectivity index (χ0v) is 12.5. The van der Waals surface area contributed by atoms with Gasteiger partial charge in [-0.15, -0.1) is 0 Å². The minimum Gasteiger partial charge on any atom is -0.320 e. The number of hydrogen-bond acceptors (Lipinski definition) is 3. The number of sulfonamides is 1. The fourth-order valence-electron chi connectivity index (χ4n) is 1.50. The number of halogens is 1. The van der Waals surface area contributed by atoms with Crippen LogP contribution in [0.4, 0.5) is 5.69 Å². The van der Waals surface area contributed by atoms with Crippen molar-refractivity contribution < 1.29 is 8.42 Å². The minimum absolute atomic E-state index is 0.0373. The molecule has 0 bridgehead atoms. The molecule has 0 radical (unpaired) electrons. The molecule has 1 aromatic carbocycles. The van der Waals surface area contributed by atoms with Crippen LogP contribution < -0.4 is 10.5 Å². The Labute approximate surface area is 119 Å². The van der Waals surface area contributed by atoms with Crippen molar-refractivity contribution in [2.24, 2.45) is 11.7 Å². The number of hydrogen-bond donors (Lipinski definition) is 2. The topological polar surface area (TPSA) is 72.2 Å². The largest absolute Gasteiger partial charge is 0.320 e. The molecule has 0 fully saturated rings. The van der Waals surface area contributed by atoms with Crippen LogP contribution in [0.3, 0.4) is 0 Å². The molecule has 19 heavy (non-hydrogen) atoms. The molecule has 0 aliphatic heterocycles. The maximum absolute atomic E-state index is 11.9. The highest BCUT2D eigenvalue weighted by atomic mass is 35.5. The van der Waals surface area contributed by atoms with Crippen LogP contribution in [0.1, 0.15) is 19.4 Å². The summed E-state index contributed by atoms with van der Waals surface area (Å²) < 4.78 is 26.4. The van der Waals surface area contributed by atoms with Gasteiger partial charge < -0.3 is 5.73 Å². The van der Waals surface area contributed by atoms with Crippen molar-refractivity contribution in [1.29, 1.82) is 0 Å². The third-order valence-electron chi connectivity index (χ3n) is 2.12. The summed E-state index contributed by atoms with van der Waals surface area (Å²) in [6.07, 6.45) is 0. The van der Waals surface area contributed by atoms with E-state index >= 15 is 0 Å². The predicted molar refractivity (Wildman–Crippen MR) is 79.6 cm³/mol. The van der Waals surface area contributed by atoms with E-state index in [2.05, 4.69) is 16.6 Å². The second-order valence-corrected chi connectivity index (χ2v) is 6.68. The van der Waals surface area contributed by atoms with E-state index in [1.54, 1.807) is 18.2 Å². The minimum atomic E-state index is -3.41. The monoisotopic (exact) mass is 300 g/mol. The molecule has 0 saturated heterocycles. The van der Waals surface area contributed by atoms with Gasteiger partial charge in [-0.25, -0.2) is 8.42 Å². The molecular weight excluding hydrogens is 284 g/mol. The summed E-state index contributed by atoms with van der Waals surface area (Å²) in [7, 11) is -3.41. The van der Waals surface area contributed by atoms with Gasteiger partial charge in [0.1, 0.15) is 0 Å². The molecular formula is C13H17ClN2O2S. The standard InChI is InChI=1S/C13H17ClN2O2S/c1-10(2)9-19(17,18)16-13-8-12(14)6-5-11(13)4-3-7-15/h5-6,8,10,16H,7,9,15H2,1-2H3. The Balaban J connectivity index is 3.09. The van der Waals surface area contributed by atoms with Crippen LogP contribution in [0.2, 0.25) is 5.02 Å². The van der Waals surface area contributed by atoms with Gasteiger partial charge in [-0.2, -0.15) is 0 Å². The summed E-state index contributed by atoms with van der Waals surface area (Å²) in [5, 5.41) is 0.445. The lowest BCUT2D eigenvalue weighted by Gasteiger charge is -2.11. The number of nitrogens with one attached hydrogen (secondary N) is 1. The van der Waals surface area contributed by atoms with Crippen LogP contribution in [0.25, 0.3) is 0 Å². The first-order chi connectivity index (χ1) is 8.84. The third-order valence-corrected chi connectivity index (χ3v) is 4.00. The molecule has 0 aromatic heterocycles. The molecule has 0 unspecified atom stereocenters. The van der Waals surface area contributed by atoms with E-state index in [0.29, 0.717) is 16.3 Å². The van der Waals surface area contributed by atoms with E-state index in [0.717, 1.165) is 0 Å². The van der Waals surface area contributed by atoms with Crippen molar-refractivity contribution in [3.63, 3.8) is 0 Å². The maximum Gasteiger partial charge on any atom is 0.233 e. The van der Waals surface area contributed by atoms with Gasteiger partial charge in [-0.3, -0.25) is 4.72 Å². The number of anilines is 1. The Morgan fingerprint density at radius 1 is 1.42 bits per heavy atom. The van der Waals surface area contributed by atoms with Gasteiger partial charge in [0, 0.05) is 10.6 Å². The van der Waals surface area contributed by atoms with E-state index < -0.39 is 10.0 Å². The zero-order valence-electron chi connectivity index (χ0n) is 10.9. The Hall–Kier alpha value is -1.22. The molecule has 104 valence electrons. The van der Waals surface area contributed by atoms with Crippen molar-refractivity contribution in [3.8, 4) is 11.8 Å². The van der Waals surface area contributed by atoms with E-state index in [4.69, 9.17) is 17.3 Å². The van der Waals surface area contributed by atoms with Crippen molar-refractivity contribution in [1.82, 2.24) is 0 Å². The second kappa shape index (κ2) is 6.80. The molecule has 0 amide bonds. The summed E-state index contributed by atoms with van der Waals surface area (Å²) in [6, 6.07) is 4.86. The molecule has 1 rings (SSSR count). The predicted octanol–water partition coefficient (Wildman–Crippen LogP) is 2.05.